The second-order valence-corrected chi connectivity index (χ2v) is 4.86. The molecule has 2 rings (SSSR count). The van der Waals surface area contributed by atoms with Gasteiger partial charge in [0.2, 0.25) is 0 Å². The average molecular weight is 249 g/mol. The van der Waals surface area contributed by atoms with Gasteiger partial charge in [0.1, 0.15) is 5.69 Å². The normalized spacial score (nSPS) is 16.7. The second kappa shape index (κ2) is 4.29. The van der Waals surface area contributed by atoms with Gasteiger partial charge < -0.3 is 11.1 Å². The zero-order valence-electron chi connectivity index (χ0n) is 10.1. The van der Waals surface area contributed by atoms with Crippen LogP contribution in [0.25, 0.3) is 0 Å². The molecule has 1 aliphatic rings. The molecule has 6 heteroatoms. The van der Waals surface area contributed by atoms with E-state index in [1.165, 1.54) is 18.2 Å². The van der Waals surface area contributed by atoms with Crippen LogP contribution in [0.3, 0.4) is 0 Å². The lowest BCUT2D eigenvalue weighted by Gasteiger charge is -2.39. The highest BCUT2D eigenvalue weighted by atomic mass is 16.6. The van der Waals surface area contributed by atoms with Crippen molar-refractivity contribution < 1.29 is 9.72 Å². The third-order valence-corrected chi connectivity index (χ3v) is 3.40. The summed E-state index contributed by atoms with van der Waals surface area (Å²) in [5.74, 6) is -0.349. The van der Waals surface area contributed by atoms with Crippen molar-refractivity contribution in [3.05, 3.63) is 33.9 Å². The van der Waals surface area contributed by atoms with Gasteiger partial charge >= 0.3 is 0 Å². The van der Waals surface area contributed by atoms with E-state index in [0.717, 1.165) is 19.3 Å². The van der Waals surface area contributed by atoms with Crippen LogP contribution in [0.2, 0.25) is 0 Å². The summed E-state index contributed by atoms with van der Waals surface area (Å²) >= 11 is 0. The molecule has 1 aromatic rings. The van der Waals surface area contributed by atoms with Crippen molar-refractivity contribution in [3.63, 3.8) is 0 Å². The second-order valence-electron chi connectivity index (χ2n) is 4.86. The SMILES string of the molecule is CC1(NC(=O)c2cccc([N+](=O)[O-])c2N)CCC1. The maximum Gasteiger partial charge on any atom is 0.292 e. The first kappa shape index (κ1) is 12.3. The van der Waals surface area contributed by atoms with E-state index in [1.54, 1.807) is 0 Å². The monoisotopic (exact) mass is 249 g/mol. The molecular weight excluding hydrogens is 234 g/mol. The largest absolute Gasteiger partial charge is 0.393 e. The molecule has 0 unspecified atom stereocenters. The number of para-hydroxylation sites is 1. The molecular formula is C12H15N3O3. The van der Waals surface area contributed by atoms with Crippen LogP contribution in [0.15, 0.2) is 18.2 Å². The predicted molar refractivity (Wildman–Crippen MR) is 67.2 cm³/mol. The van der Waals surface area contributed by atoms with Crippen LogP contribution < -0.4 is 11.1 Å². The maximum absolute atomic E-state index is 12.0. The van der Waals surface area contributed by atoms with Crippen molar-refractivity contribution >= 4 is 17.3 Å². The van der Waals surface area contributed by atoms with Crippen LogP contribution in [-0.4, -0.2) is 16.4 Å². The van der Waals surface area contributed by atoms with Crippen molar-refractivity contribution in [1.82, 2.24) is 5.32 Å². The van der Waals surface area contributed by atoms with Crippen LogP contribution in [0, 0.1) is 10.1 Å². The Kier molecular flexibility index (Phi) is 2.94. The lowest BCUT2D eigenvalue weighted by Crippen LogP contribution is -2.51. The number of nitro benzene ring substituents is 1. The van der Waals surface area contributed by atoms with Crippen molar-refractivity contribution in [2.24, 2.45) is 0 Å². The summed E-state index contributed by atoms with van der Waals surface area (Å²) < 4.78 is 0. The molecule has 1 saturated carbocycles. The Balaban J connectivity index is 2.25. The van der Waals surface area contributed by atoms with Gasteiger partial charge in [-0.15, -0.1) is 0 Å². The van der Waals surface area contributed by atoms with Crippen LogP contribution in [0.4, 0.5) is 11.4 Å². The molecule has 0 aliphatic heterocycles. The summed E-state index contributed by atoms with van der Waals surface area (Å²) in [4.78, 5) is 22.2. The summed E-state index contributed by atoms with van der Waals surface area (Å²) in [6, 6.07) is 4.25. The van der Waals surface area contributed by atoms with Gasteiger partial charge in [-0.2, -0.15) is 0 Å². The molecule has 0 bridgehead atoms. The minimum absolute atomic E-state index is 0.0806. The van der Waals surface area contributed by atoms with E-state index < -0.39 is 4.92 Å². The van der Waals surface area contributed by atoms with Gasteiger partial charge in [-0.1, -0.05) is 6.07 Å². The number of nitrogens with two attached hydrogens (primary N) is 1. The number of carbonyl (C=O) groups excluding carboxylic acids is 1. The number of anilines is 1. The Morgan fingerprint density at radius 2 is 2.17 bits per heavy atom. The van der Waals surface area contributed by atoms with Crippen molar-refractivity contribution in [2.45, 2.75) is 31.7 Å². The van der Waals surface area contributed by atoms with Crippen LogP contribution in [-0.2, 0) is 0 Å². The average Bonchev–Trinajstić information content (AvgIpc) is 2.26. The molecule has 0 saturated heterocycles. The quantitative estimate of drug-likeness (QED) is 0.485. The van der Waals surface area contributed by atoms with Crippen LogP contribution >= 0.6 is 0 Å². The van der Waals surface area contributed by atoms with Crippen molar-refractivity contribution in [3.8, 4) is 0 Å². The number of rotatable bonds is 3. The molecule has 1 amide bonds. The van der Waals surface area contributed by atoms with E-state index in [1.807, 2.05) is 6.92 Å². The molecule has 0 spiro atoms. The standard InChI is InChI=1S/C12H15N3O3/c1-12(6-3-7-12)14-11(16)8-4-2-5-9(10(8)13)15(17)18/h2,4-5H,3,6-7,13H2,1H3,(H,14,16). The topological polar surface area (TPSA) is 98.3 Å². The fourth-order valence-electron chi connectivity index (χ4n) is 2.08. The maximum atomic E-state index is 12.0. The van der Waals surface area contributed by atoms with Crippen molar-refractivity contribution in [1.29, 1.82) is 0 Å². The summed E-state index contributed by atoms with van der Waals surface area (Å²) in [5.41, 5.74) is 5.31. The van der Waals surface area contributed by atoms with E-state index in [-0.39, 0.29) is 28.4 Å². The number of nitrogens with one attached hydrogen (secondary N) is 1. The molecule has 0 aromatic heterocycles. The van der Waals surface area contributed by atoms with Gasteiger partial charge in [-0.25, -0.2) is 0 Å². The zero-order chi connectivity index (χ0) is 13.3. The Morgan fingerprint density at radius 1 is 1.50 bits per heavy atom. The Morgan fingerprint density at radius 3 is 2.67 bits per heavy atom. The number of benzene rings is 1. The lowest BCUT2D eigenvalue weighted by atomic mass is 9.78. The molecule has 18 heavy (non-hydrogen) atoms. The van der Waals surface area contributed by atoms with Gasteiger partial charge in [-0.3, -0.25) is 14.9 Å². The van der Waals surface area contributed by atoms with Crippen LogP contribution in [0.5, 0.6) is 0 Å². The minimum Gasteiger partial charge on any atom is -0.393 e. The number of carbonyl (C=O) groups is 1. The number of hydrogen-bond acceptors (Lipinski definition) is 4. The molecule has 0 atom stereocenters. The number of amides is 1. The molecule has 1 fully saturated rings. The van der Waals surface area contributed by atoms with E-state index in [9.17, 15) is 14.9 Å². The minimum atomic E-state index is -0.586. The summed E-state index contributed by atoms with van der Waals surface area (Å²) in [6.45, 7) is 1.96. The lowest BCUT2D eigenvalue weighted by molar-refractivity contribution is -0.383. The fraction of sp³-hybridized carbons (Fsp3) is 0.417. The molecule has 1 aliphatic carbocycles. The first-order valence-electron chi connectivity index (χ1n) is 5.78. The number of nitrogen functional groups attached to an aromatic ring is 1. The smallest absolute Gasteiger partial charge is 0.292 e. The summed E-state index contributed by atoms with van der Waals surface area (Å²) in [7, 11) is 0. The van der Waals surface area contributed by atoms with Gasteiger partial charge in [0.25, 0.3) is 11.6 Å². The third kappa shape index (κ3) is 2.13. The summed E-state index contributed by atoms with van der Waals surface area (Å²) in [6.07, 6.45) is 2.93. The van der Waals surface area contributed by atoms with Crippen molar-refractivity contribution in [2.75, 3.05) is 5.73 Å². The highest BCUT2D eigenvalue weighted by Crippen LogP contribution is 2.32. The van der Waals surface area contributed by atoms with Gasteiger partial charge in [0.05, 0.1) is 10.5 Å². The molecule has 0 heterocycles. The fourth-order valence-corrected chi connectivity index (χ4v) is 2.08. The first-order chi connectivity index (χ1) is 8.43. The third-order valence-electron chi connectivity index (χ3n) is 3.40. The number of nitro groups is 1. The molecule has 0 radical (unpaired) electrons. The molecule has 6 nitrogen and oxygen atoms in total. The van der Waals surface area contributed by atoms with E-state index in [2.05, 4.69) is 5.32 Å². The Hall–Kier alpha value is -2.11. The van der Waals surface area contributed by atoms with Crippen LogP contribution in [0.1, 0.15) is 36.5 Å². The van der Waals surface area contributed by atoms with Gasteiger partial charge in [0, 0.05) is 11.6 Å². The Bertz CT molecular complexity index is 509. The molecule has 96 valence electrons. The van der Waals surface area contributed by atoms with E-state index in [0.29, 0.717) is 0 Å². The van der Waals surface area contributed by atoms with E-state index >= 15 is 0 Å². The highest BCUT2D eigenvalue weighted by molar-refractivity contribution is 6.01. The first-order valence-corrected chi connectivity index (χ1v) is 5.78. The molecule has 3 N–H and O–H groups in total. The zero-order valence-corrected chi connectivity index (χ0v) is 10.1. The van der Waals surface area contributed by atoms with E-state index in [4.69, 9.17) is 5.73 Å². The highest BCUT2D eigenvalue weighted by Gasteiger charge is 2.34. The Labute approximate surface area is 104 Å². The number of nitrogens with zero attached hydrogens (tertiary/aromatic N) is 1. The predicted octanol–water partition coefficient (Wildman–Crippen LogP) is 1.85. The van der Waals surface area contributed by atoms with Gasteiger partial charge in [0.15, 0.2) is 0 Å². The summed E-state index contributed by atoms with van der Waals surface area (Å²) in [5, 5.41) is 13.6. The van der Waals surface area contributed by atoms with Gasteiger partial charge in [-0.05, 0) is 32.3 Å². The number of hydrogen-bond donors (Lipinski definition) is 2. The molecule has 1 aromatic carbocycles.